The average Bonchev–Trinajstić information content (AvgIpc) is 3.49. The number of halogens is 1. The zero-order valence-corrected chi connectivity index (χ0v) is 19.3. The van der Waals surface area contributed by atoms with E-state index in [1.165, 1.54) is 11.3 Å². The monoisotopic (exact) mass is 512 g/mol. The summed E-state index contributed by atoms with van der Waals surface area (Å²) >= 11 is 1.81. The fourth-order valence-electron chi connectivity index (χ4n) is 3.77. The van der Waals surface area contributed by atoms with Crippen LogP contribution in [0.15, 0.2) is 57.5 Å². The van der Waals surface area contributed by atoms with Crippen molar-refractivity contribution in [2.75, 3.05) is 39.3 Å². The molecule has 152 valence electrons. The summed E-state index contributed by atoms with van der Waals surface area (Å²) in [4.78, 5) is 11.3. The smallest absolute Gasteiger partial charge is 0.194 e. The minimum absolute atomic E-state index is 0. The zero-order chi connectivity index (χ0) is 18.3. The molecular formula is C21H29IN4OS. The van der Waals surface area contributed by atoms with Crippen LogP contribution in [-0.4, -0.2) is 61.1 Å². The Balaban J connectivity index is 0.00000225. The molecule has 28 heavy (non-hydrogen) atoms. The van der Waals surface area contributed by atoms with Crippen molar-refractivity contribution >= 4 is 41.3 Å². The molecule has 0 amide bonds. The molecule has 0 aliphatic carbocycles. The lowest BCUT2D eigenvalue weighted by molar-refractivity contribution is 0.259. The quantitative estimate of drug-likeness (QED) is 0.267. The van der Waals surface area contributed by atoms with Gasteiger partial charge in [-0.3, -0.25) is 9.89 Å². The molecule has 0 aromatic carbocycles. The summed E-state index contributed by atoms with van der Waals surface area (Å²) in [5, 5.41) is 5.71. The molecule has 2 aliphatic heterocycles. The third kappa shape index (κ3) is 5.84. The van der Waals surface area contributed by atoms with E-state index in [4.69, 9.17) is 9.41 Å². The second-order valence-corrected chi connectivity index (χ2v) is 8.14. The molecule has 1 N–H and O–H groups in total. The lowest BCUT2D eigenvalue weighted by atomic mass is 10.2. The van der Waals surface area contributed by atoms with Crippen LogP contribution in [0.5, 0.6) is 0 Å². The highest BCUT2D eigenvalue weighted by Gasteiger charge is 2.29. The Morgan fingerprint density at radius 3 is 2.86 bits per heavy atom. The van der Waals surface area contributed by atoms with Crippen molar-refractivity contribution in [3.05, 3.63) is 58.7 Å². The van der Waals surface area contributed by atoms with Gasteiger partial charge in [-0.2, -0.15) is 0 Å². The summed E-state index contributed by atoms with van der Waals surface area (Å²) in [7, 11) is 0. The number of likely N-dealkylation sites (tertiary alicyclic amines) is 1. The van der Waals surface area contributed by atoms with Crippen LogP contribution in [0, 0.1) is 0 Å². The van der Waals surface area contributed by atoms with E-state index in [-0.39, 0.29) is 24.0 Å². The SMILES string of the molecule is C1=CCN(C2CCN(C(=NCCc3cccs3)NCCc3ccco3)C2)C1.I. The lowest BCUT2D eigenvalue weighted by Gasteiger charge is -2.25. The number of guanidine groups is 1. The van der Waals surface area contributed by atoms with E-state index in [1.807, 2.05) is 23.5 Å². The molecule has 1 saturated heterocycles. The topological polar surface area (TPSA) is 44.0 Å². The summed E-state index contributed by atoms with van der Waals surface area (Å²) in [6, 6.07) is 8.91. The van der Waals surface area contributed by atoms with Crippen molar-refractivity contribution < 1.29 is 4.42 Å². The number of rotatable bonds is 7. The molecule has 1 unspecified atom stereocenters. The van der Waals surface area contributed by atoms with E-state index >= 15 is 0 Å². The largest absolute Gasteiger partial charge is 0.469 e. The number of nitrogens with one attached hydrogen (secondary N) is 1. The van der Waals surface area contributed by atoms with Gasteiger partial charge in [0.1, 0.15) is 5.76 Å². The number of furan rings is 1. The number of thiophene rings is 1. The Labute approximate surface area is 188 Å². The van der Waals surface area contributed by atoms with E-state index in [0.717, 1.165) is 63.8 Å². The molecular weight excluding hydrogens is 483 g/mol. The van der Waals surface area contributed by atoms with Gasteiger partial charge in [0.15, 0.2) is 5.96 Å². The maximum Gasteiger partial charge on any atom is 0.194 e. The lowest BCUT2D eigenvalue weighted by Crippen LogP contribution is -2.43. The third-order valence-corrected chi connectivity index (χ3v) is 6.20. The highest BCUT2D eigenvalue weighted by molar-refractivity contribution is 14.0. The Bertz CT molecular complexity index is 737. The van der Waals surface area contributed by atoms with E-state index in [2.05, 4.69) is 44.8 Å². The van der Waals surface area contributed by atoms with Gasteiger partial charge < -0.3 is 14.6 Å². The maximum atomic E-state index is 5.45. The minimum atomic E-state index is 0. The Kier molecular flexibility index (Phi) is 8.42. The molecule has 2 aromatic rings. The van der Waals surface area contributed by atoms with Crippen molar-refractivity contribution in [2.24, 2.45) is 4.99 Å². The van der Waals surface area contributed by atoms with Crippen molar-refractivity contribution in [3.8, 4) is 0 Å². The molecule has 0 saturated carbocycles. The fourth-order valence-corrected chi connectivity index (χ4v) is 4.47. The van der Waals surface area contributed by atoms with Crippen LogP contribution in [0.25, 0.3) is 0 Å². The standard InChI is InChI=1S/C21H28N4OS.HI/c1-2-13-24(12-1)18-9-14-25(17-18)21(22-10-7-19-5-3-15-26-19)23-11-8-20-6-4-16-27-20;/h1-6,15-16,18H,7-14,17H2,(H,22,23);1H. The Morgan fingerprint density at radius 1 is 1.21 bits per heavy atom. The van der Waals surface area contributed by atoms with Crippen LogP contribution in [0.4, 0.5) is 0 Å². The van der Waals surface area contributed by atoms with Crippen molar-refractivity contribution in [2.45, 2.75) is 25.3 Å². The van der Waals surface area contributed by atoms with Crippen molar-refractivity contribution in [1.82, 2.24) is 15.1 Å². The third-order valence-electron chi connectivity index (χ3n) is 5.26. The fraction of sp³-hybridized carbons (Fsp3) is 0.476. The highest BCUT2D eigenvalue weighted by Crippen LogP contribution is 2.18. The molecule has 7 heteroatoms. The summed E-state index contributed by atoms with van der Waals surface area (Å²) in [5.74, 6) is 2.07. The van der Waals surface area contributed by atoms with Crippen LogP contribution >= 0.6 is 35.3 Å². The van der Waals surface area contributed by atoms with E-state index in [1.54, 1.807) is 6.26 Å². The first-order chi connectivity index (χ1) is 13.4. The zero-order valence-electron chi connectivity index (χ0n) is 16.1. The normalized spacial score (nSPS) is 19.9. The molecule has 5 nitrogen and oxygen atoms in total. The van der Waals surface area contributed by atoms with E-state index < -0.39 is 0 Å². The second kappa shape index (κ2) is 11.0. The van der Waals surface area contributed by atoms with Crippen LogP contribution in [-0.2, 0) is 12.8 Å². The van der Waals surface area contributed by atoms with Gasteiger partial charge in [-0.05, 0) is 30.0 Å². The second-order valence-electron chi connectivity index (χ2n) is 7.10. The minimum Gasteiger partial charge on any atom is -0.469 e. The van der Waals surface area contributed by atoms with Gasteiger partial charge in [-0.1, -0.05) is 18.2 Å². The van der Waals surface area contributed by atoms with Crippen LogP contribution < -0.4 is 5.32 Å². The first kappa shape index (κ1) is 21.4. The maximum absolute atomic E-state index is 5.45. The molecule has 4 rings (SSSR count). The van der Waals surface area contributed by atoms with Crippen molar-refractivity contribution in [3.63, 3.8) is 0 Å². The van der Waals surface area contributed by atoms with Gasteiger partial charge in [0.25, 0.3) is 0 Å². The number of nitrogens with zero attached hydrogens (tertiary/aromatic N) is 3. The van der Waals surface area contributed by atoms with Gasteiger partial charge in [0.2, 0.25) is 0 Å². The predicted molar refractivity (Wildman–Crippen MR) is 127 cm³/mol. The number of hydrogen-bond acceptors (Lipinski definition) is 4. The molecule has 1 fully saturated rings. The van der Waals surface area contributed by atoms with Gasteiger partial charge in [0.05, 0.1) is 6.26 Å². The molecule has 0 bridgehead atoms. The molecule has 0 spiro atoms. The van der Waals surface area contributed by atoms with Crippen LogP contribution in [0.2, 0.25) is 0 Å². The number of hydrogen-bond donors (Lipinski definition) is 1. The van der Waals surface area contributed by atoms with E-state index in [0.29, 0.717) is 6.04 Å². The summed E-state index contributed by atoms with van der Waals surface area (Å²) < 4.78 is 5.45. The van der Waals surface area contributed by atoms with Gasteiger partial charge in [-0.15, -0.1) is 35.3 Å². The van der Waals surface area contributed by atoms with Crippen LogP contribution in [0.3, 0.4) is 0 Å². The first-order valence-corrected chi connectivity index (χ1v) is 10.7. The molecule has 1 atom stereocenters. The Morgan fingerprint density at radius 2 is 2.11 bits per heavy atom. The van der Waals surface area contributed by atoms with E-state index in [9.17, 15) is 0 Å². The molecule has 0 radical (unpaired) electrons. The first-order valence-electron chi connectivity index (χ1n) is 9.85. The van der Waals surface area contributed by atoms with Gasteiger partial charge in [-0.25, -0.2) is 0 Å². The Hall–Kier alpha value is -1.32. The average molecular weight is 512 g/mol. The summed E-state index contributed by atoms with van der Waals surface area (Å²) in [5.41, 5.74) is 0. The molecule has 2 aliphatic rings. The summed E-state index contributed by atoms with van der Waals surface area (Å²) in [6.45, 7) is 6.00. The van der Waals surface area contributed by atoms with Crippen LogP contribution in [0.1, 0.15) is 17.1 Å². The van der Waals surface area contributed by atoms with Crippen molar-refractivity contribution in [1.29, 1.82) is 0 Å². The predicted octanol–water partition coefficient (Wildman–Crippen LogP) is 3.64. The molecule has 2 aromatic heterocycles. The number of aliphatic imine (C=N–C) groups is 1. The van der Waals surface area contributed by atoms with Gasteiger partial charge in [0, 0.05) is 63.0 Å². The summed E-state index contributed by atoms with van der Waals surface area (Å²) in [6.07, 6.45) is 9.39. The van der Waals surface area contributed by atoms with Gasteiger partial charge >= 0.3 is 0 Å². The molecule has 4 heterocycles. The highest BCUT2D eigenvalue weighted by atomic mass is 127.